The van der Waals surface area contributed by atoms with Crippen molar-refractivity contribution in [2.24, 2.45) is 0 Å². The lowest BCUT2D eigenvalue weighted by atomic mass is 10.1. The van der Waals surface area contributed by atoms with E-state index in [9.17, 15) is 18.0 Å². The smallest absolute Gasteiger partial charge is 0.397 e. The van der Waals surface area contributed by atoms with Gasteiger partial charge in [0.1, 0.15) is 4.88 Å². The minimum atomic E-state index is -4.42. The molecule has 2 N–H and O–H groups in total. The van der Waals surface area contributed by atoms with Gasteiger partial charge in [0.15, 0.2) is 0 Å². The summed E-state index contributed by atoms with van der Waals surface area (Å²) in [5.41, 5.74) is 5.24. The average molecular weight is 316 g/mol. The third-order valence-electron chi connectivity index (χ3n) is 3.15. The standard InChI is InChI=1S/C14H15F3N2OS/c1-3-6-19(2)13(20)12-11(18)9-7-8(14(15,16)17)4-5-10(9)21-12/h4-5,7H,3,6,18H2,1-2H3. The zero-order valence-corrected chi connectivity index (χ0v) is 12.4. The first-order chi connectivity index (χ1) is 9.75. The van der Waals surface area contributed by atoms with Crippen LogP contribution in [0.15, 0.2) is 18.2 Å². The molecule has 3 nitrogen and oxygen atoms in total. The molecule has 0 radical (unpaired) electrons. The molecule has 0 aliphatic carbocycles. The number of nitrogens with two attached hydrogens (primary N) is 1. The van der Waals surface area contributed by atoms with Gasteiger partial charge < -0.3 is 10.6 Å². The van der Waals surface area contributed by atoms with Crippen molar-refractivity contribution in [3.05, 3.63) is 28.6 Å². The Bertz CT molecular complexity index is 679. The Labute approximate surface area is 124 Å². The second kappa shape index (κ2) is 5.55. The van der Waals surface area contributed by atoms with Gasteiger partial charge in [-0.1, -0.05) is 6.92 Å². The maximum absolute atomic E-state index is 12.7. The van der Waals surface area contributed by atoms with Crippen LogP contribution in [0.5, 0.6) is 0 Å². The first kappa shape index (κ1) is 15.6. The highest BCUT2D eigenvalue weighted by Crippen LogP contribution is 2.38. The van der Waals surface area contributed by atoms with Gasteiger partial charge in [-0.05, 0) is 24.6 Å². The number of carbonyl (C=O) groups excluding carboxylic acids is 1. The fourth-order valence-corrected chi connectivity index (χ4v) is 3.16. The molecular formula is C14H15F3N2OS. The van der Waals surface area contributed by atoms with Crippen molar-refractivity contribution < 1.29 is 18.0 Å². The van der Waals surface area contributed by atoms with Crippen LogP contribution in [0.4, 0.5) is 18.9 Å². The lowest BCUT2D eigenvalue weighted by Gasteiger charge is -2.15. The summed E-state index contributed by atoms with van der Waals surface area (Å²) in [4.78, 5) is 14.1. The number of alkyl halides is 3. The first-order valence-corrected chi connectivity index (χ1v) is 7.22. The monoisotopic (exact) mass is 316 g/mol. The number of carbonyl (C=O) groups is 1. The highest BCUT2D eigenvalue weighted by atomic mass is 32.1. The summed E-state index contributed by atoms with van der Waals surface area (Å²) in [6.45, 7) is 2.51. The van der Waals surface area contributed by atoms with Gasteiger partial charge in [0, 0.05) is 23.7 Å². The summed E-state index contributed by atoms with van der Waals surface area (Å²) in [6.07, 6.45) is -3.63. The van der Waals surface area contributed by atoms with Crippen LogP contribution in [0.1, 0.15) is 28.6 Å². The van der Waals surface area contributed by atoms with Crippen molar-refractivity contribution in [1.29, 1.82) is 0 Å². The average Bonchev–Trinajstić information content (AvgIpc) is 2.74. The van der Waals surface area contributed by atoms with Crippen molar-refractivity contribution in [1.82, 2.24) is 4.90 Å². The van der Waals surface area contributed by atoms with Crippen LogP contribution in [-0.2, 0) is 6.18 Å². The largest absolute Gasteiger partial charge is 0.416 e. The van der Waals surface area contributed by atoms with Crippen LogP contribution in [-0.4, -0.2) is 24.4 Å². The fraction of sp³-hybridized carbons (Fsp3) is 0.357. The molecule has 21 heavy (non-hydrogen) atoms. The van der Waals surface area contributed by atoms with Crippen LogP contribution in [0.2, 0.25) is 0 Å². The van der Waals surface area contributed by atoms with Gasteiger partial charge in [0.25, 0.3) is 5.91 Å². The molecule has 2 aromatic rings. The Kier molecular flexibility index (Phi) is 4.13. The topological polar surface area (TPSA) is 46.3 Å². The summed E-state index contributed by atoms with van der Waals surface area (Å²) < 4.78 is 38.8. The van der Waals surface area contributed by atoms with Crippen molar-refractivity contribution in [3.63, 3.8) is 0 Å². The van der Waals surface area contributed by atoms with Crippen LogP contribution < -0.4 is 5.73 Å². The van der Waals surface area contributed by atoms with E-state index < -0.39 is 11.7 Å². The maximum Gasteiger partial charge on any atom is 0.416 e. The lowest BCUT2D eigenvalue weighted by molar-refractivity contribution is -0.137. The number of fused-ring (bicyclic) bond motifs is 1. The van der Waals surface area contributed by atoms with E-state index in [0.717, 1.165) is 29.9 Å². The van der Waals surface area contributed by atoms with E-state index in [1.807, 2.05) is 6.92 Å². The zero-order chi connectivity index (χ0) is 15.8. The number of nitrogens with zero attached hydrogens (tertiary/aromatic N) is 1. The molecule has 1 amide bonds. The minimum Gasteiger partial charge on any atom is -0.397 e. The summed E-state index contributed by atoms with van der Waals surface area (Å²) in [7, 11) is 1.65. The van der Waals surface area contributed by atoms with Gasteiger partial charge in [-0.3, -0.25) is 4.79 Å². The highest BCUT2D eigenvalue weighted by molar-refractivity contribution is 7.21. The molecule has 0 aliphatic heterocycles. The Morgan fingerprint density at radius 2 is 2.05 bits per heavy atom. The van der Waals surface area contributed by atoms with Gasteiger partial charge in [-0.25, -0.2) is 0 Å². The van der Waals surface area contributed by atoms with Crippen molar-refractivity contribution in [2.45, 2.75) is 19.5 Å². The molecule has 1 aromatic carbocycles. The number of nitrogen functional groups attached to an aromatic ring is 1. The Hall–Kier alpha value is -1.76. The number of hydrogen-bond donors (Lipinski definition) is 1. The van der Waals surface area contributed by atoms with Crippen LogP contribution in [0.25, 0.3) is 10.1 Å². The summed E-state index contributed by atoms with van der Waals surface area (Å²) in [5.74, 6) is -0.260. The third kappa shape index (κ3) is 2.97. The van der Waals surface area contributed by atoms with Crippen molar-refractivity contribution >= 4 is 33.0 Å². The van der Waals surface area contributed by atoms with Crippen molar-refractivity contribution in [2.75, 3.05) is 19.3 Å². The van der Waals surface area contributed by atoms with Gasteiger partial charge in [0.2, 0.25) is 0 Å². The SMILES string of the molecule is CCCN(C)C(=O)c1sc2ccc(C(F)(F)F)cc2c1N. The maximum atomic E-state index is 12.7. The molecular weight excluding hydrogens is 301 g/mol. The number of anilines is 1. The molecule has 0 atom stereocenters. The summed E-state index contributed by atoms with van der Waals surface area (Å²) in [5, 5.41) is 0.281. The fourth-order valence-electron chi connectivity index (χ4n) is 2.06. The van der Waals surface area contributed by atoms with Gasteiger partial charge in [0.05, 0.1) is 11.3 Å². The van der Waals surface area contributed by atoms with E-state index >= 15 is 0 Å². The van der Waals surface area contributed by atoms with E-state index in [-0.39, 0.29) is 17.0 Å². The van der Waals surface area contributed by atoms with E-state index in [2.05, 4.69) is 0 Å². The Balaban J connectivity index is 2.49. The van der Waals surface area contributed by atoms with E-state index in [1.165, 1.54) is 11.0 Å². The summed E-state index contributed by atoms with van der Waals surface area (Å²) in [6, 6.07) is 3.36. The predicted molar refractivity (Wildman–Crippen MR) is 78.5 cm³/mol. The molecule has 1 aromatic heterocycles. The molecule has 0 unspecified atom stereocenters. The molecule has 0 saturated carbocycles. The second-order valence-electron chi connectivity index (χ2n) is 4.78. The number of amides is 1. The number of rotatable bonds is 3. The number of benzene rings is 1. The number of hydrogen-bond acceptors (Lipinski definition) is 3. The number of halogens is 3. The van der Waals surface area contributed by atoms with Crippen LogP contribution >= 0.6 is 11.3 Å². The van der Waals surface area contributed by atoms with Crippen LogP contribution in [0.3, 0.4) is 0 Å². The van der Waals surface area contributed by atoms with E-state index in [0.29, 0.717) is 16.1 Å². The minimum absolute atomic E-state index is 0.119. The zero-order valence-electron chi connectivity index (χ0n) is 11.6. The van der Waals surface area contributed by atoms with Crippen molar-refractivity contribution in [3.8, 4) is 0 Å². The highest BCUT2D eigenvalue weighted by Gasteiger charge is 2.31. The first-order valence-electron chi connectivity index (χ1n) is 6.40. The molecule has 0 spiro atoms. The van der Waals surface area contributed by atoms with Crippen LogP contribution in [0, 0.1) is 0 Å². The Morgan fingerprint density at radius 3 is 2.62 bits per heavy atom. The van der Waals surface area contributed by atoms with Gasteiger partial charge >= 0.3 is 6.18 Å². The molecule has 0 fully saturated rings. The molecule has 1 heterocycles. The van der Waals surface area contributed by atoms with E-state index in [1.54, 1.807) is 7.05 Å². The lowest BCUT2D eigenvalue weighted by Crippen LogP contribution is -2.27. The molecule has 7 heteroatoms. The molecule has 0 bridgehead atoms. The number of thiophene rings is 1. The molecule has 0 saturated heterocycles. The normalized spacial score (nSPS) is 11.9. The second-order valence-corrected chi connectivity index (χ2v) is 5.83. The molecule has 0 aliphatic rings. The third-order valence-corrected chi connectivity index (χ3v) is 4.33. The van der Waals surface area contributed by atoms with E-state index in [4.69, 9.17) is 5.73 Å². The van der Waals surface area contributed by atoms with Gasteiger partial charge in [-0.15, -0.1) is 11.3 Å². The quantitative estimate of drug-likeness (QED) is 0.931. The summed E-state index contributed by atoms with van der Waals surface area (Å²) >= 11 is 1.12. The Morgan fingerprint density at radius 1 is 1.38 bits per heavy atom. The van der Waals surface area contributed by atoms with Gasteiger partial charge in [-0.2, -0.15) is 13.2 Å². The molecule has 2 rings (SSSR count). The molecule has 114 valence electrons. The predicted octanol–water partition coefficient (Wildman–Crippen LogP) is 3.98.